The van der Waals surface area contributed by atoms with Crippen molar-refractivity contribution < 1.29 is 14.6 Å². The van der Waals surface area contributed by atoms with Gasteiger partial charge in [0.05, 0.1) is 7.11 Å². The number of ether oxygens (including phenoxy) is 1. The summed E-state index contributed by atoms with van der Waals surface area (Å²) < 4.78 is 5.15. The molecule has 3 rings (SSSR count). The number of methoxy groups -OCH3 is 1. The number of fused-ring (bicyclic) bond motifs is 1. The maximum absolute atomic E-state index is 11.5. The Morgan fingerprint density at radius 1 is 1.33 bits per heavy atom. The smallest absolute Gasteiger partial charge is 0.224 e. The van der Waals surface area contributed by atoms with E-state index in [0.29, 0.717) is 6.42 Å². The zero-order valence-electron chi connectivity index (χ0n) is 11.8. The zero-order valence-corrected chi connectivity index (χ0v) is 12.6. The molecule has 0 radical (unpaired) electrons. The van der Waals surface area contributed by atoms with Crippen LogP contribution in [0, 0.1) is 0 Å². The topological polar surface area (TPSA) is 58.6 Å². The average Bonchev–Trinajstić information content (AvgIpc) is 2.89. The predicted octanol–water partition coefficient (Wildman–Crippen LogP) is 3.11. The third-order valence-electron chi connectivity index (χ3n) is 3.67. The Morgan fingerprint density at radius 2 is 2.19 bits per heavy atom. The number of rotatable bonds is 3. The molecule has 4 nitrogen and oxygen atoms in total. The van der Waals surface area contributed by atoms with Gasteiger partial charge in [-0.25, -0.2) is 0 Å². The van der Waals surface area contributed by atoms with Crippen molar-refractivity contribution in [1.82, 2.24) is 0 Å². The molecule has 21 heavy (non-hydrogen) atoms. The molecule has 2 aromatic rings. The Balaban J connectivity index is 1.89. The van der Waals surface area contributed by atoms with Crippen molar-refractivity contribution in [1.29, 1.82) is 0 Å². The summed E-state index contributed by atoms with van der Waals surface area (Å²) >= 11 is 1.47. The number of nitrogens with one attached hydrogen (secondary N) is 1. The number of anilines is 1. The molecule has 110 valence electrons. The predicted molar refractivity (Wildman–Crippen MR) is 82.9 cm³/mol. The first-order chi connectivity index (χ1) is 10.2. The van der Waals surface area contributed by atoms with E-state index >= 15 is 0 Å². The fourth-order valence-corrected chi connectivity index (χ4v) is 3.38. The summed E-state index contributed by atoms with van der Waals surface area (Å²) in [4.78, 5) is 12.4. The van der Waals surface area contributed by atoms with Crippen molar-refractivity contribution in [3.05, 3.63) is 45.6 Å². The van der Waals surface area contributed by atoms with Crippen LogP contribution in [-0.2, 0) is 11.2 Å². The van der Waals surface area contributed by atoms with E-state index in [1.54, 1.807) is 7.11 Å². The molecule has 1 aromatic heterocycles. The van der Waals surface area contributed by atoms with Gasteiger partial charge in [-0.05, 0) is 36.1 Å². The van der Waals surface area contributed by atoms with Crippen LogP contribution in [0.2, 0.25) is 0 Å². The second-order valence-electron chi connectivity index (χ2n) is 5.11. The monoisotopic (exact) mass is 303 g/mol. The molecule has 1 aliphatic heterocycles. The van der Waals surface area contributed by atoms with E-state index in [9.17, 15) is 9.90 Å². The molecule has 0 fully saturated rings. The number of thiophene rings is 1. The Labute approximate surface area is 127 Å². The second-order valence-corrected chi connectivity index (χ2v) is 6.05. The molecule has 0 bridgehead atoms. The molecule has 0 spiro atoms. The summed E-state index contributed by atoms with van der Waals surface area (Å²) in [6.07, 6.45) is 1.57. The lowest BCUT2D eigenvalue weighted by atomic mass is 10.0. The van der Waals surface area contributed by atoms with Crippen LogP contribution in [0.15, 0.2) is 29.6 Å². The van der Waals surface area contributed by atoms with E-state index in [-0.39, 0.29) is 5.91 Å². The molecular formula is C16H17NO3S. The van der Waals surface area contributed by atoms with Crippen molar-refractivity contribution in [2.24, 2.45) is 0 Å². The highest BCUT2D eigenvalue weighted by molar-refractivity contribution is 7.10. The largest absolute Gasteiger partial charge is 0.496 e. The summed E-state index contributed by atoms with van der Waals surface area (Å²) in [7, 11) is 1.61. The van der Waals surface area contributed by atoms with Crippen molar-refractivity contribution in [3.8, 4) is 5.75 Å². The zero-order chi connectivity index (χ0) is 14.8. The highest BCUT2D eigenvalue weighted by Gasteiger charge is 2.17. The minimum Gasteiger partial charge on any atom is -0.496 e. The van der Waals surface area contributed by atoms with E-state index < -0.39 is 6.10 Å². The number of carbonyl (C=O) groups excluding carboxylic acids is 1. The molecule has 5 heteroatoms. The maximum Gasteiger partial charge on any atom is 0.224 e. The fourth-order valence-electron chi connectivity index (χ4n) is 2.51. The Kier molecular flexibility index (Phi) is 3.94. The number of hydrogen-bond acceptors (Lipinski definition) is 4. The van der Waals surface area contributed by atoms with Crippen molar-refractivity contribution in [3.63, 3.8) is 0 Å². The van der Waals surface area contributed by atoms with Gasteiger partial charge in [0.1, 0.15) is 11.9 Å². The second kappa shape index (κ2) is 5.87. The highest BCUT2D eigenvalue weighted by atomic mass is 32.1. The molecule has 1 aliphatic rings. The molecule has 1 aromatic carbocycles. The molecule has 2 N–H and O–H groups in total. The standard InChI is InChI=1S/C16H17NO3S/c1-20-12-8-14(21-9-12)16(19)11-5-6-13-10(7-11)3-2-4-15(18)17-13/h5-9,16,19H,2-4H2,1H3,(H,17,18). The molecule has 1 unspecified atom stereocenters. The highest BCUT2D eigenvalue weighted by Crippen LogP contribution is 2.33. The van der Waals surface area contributed by atoms with E-state index in [1.165, 1.54) is 11.3 Å². The summed E-state index contributed by atoms with van der Waals surface area (Å²) in [5.74, 6) is 0.820. The summed E-state index contributed by atoms with van der Waals surface area (Å²) in [6, 6.07) is 7.57. The number of amides is 1. The van der Waals surface area contributed by atoms with Crippen molar-refractivity contribution in [2.75, 3.05) is 12.4 Å². The third-order valence-corrected chi connectivity index (χ3v) is 4.63. The number of benzene rings is 1. The Morgan fingerprint density at radius 3 is 2.95 bits per heavy atom. The lowest BCUT2D eigenvalue weighted by molar-refractivity contribution is -0.116. The quantitative estimate of drug-likeness (QED) is 0.916. The van der Waals surface area contributed by atoms with Gasteiger partial charge in [0.15, 0.2) is 0 Å². The summed E-state index contributed by atoms with van der Waals surface area (Å²) in [6.45, 7) is 0. The SMILES string of the molecule is COc1csc(C(O)c2ccc3c(c2)CCCC(=O)N3)c1. The lowest BCUT2D eigenvalue weighted by Crippen LogP contribution is -2.09. The van der Waals surface area contributed by atoms with Crippen LogP contribution in [0.25, 0.3) is 0 Å². The maximum atomic E-state index is 11.5. The minimum absolute atomic E-state index is 0.0602. The average molecular weight is 303 g/mol. The number of aliphatic hydroxyl groups is 1. The van der Waals surface area contributed by atoms with Gasteiger partial charge in [-0.3, -0.25) is 4.79 Å². The van der Waals surface area contributed by atoms with E-state index in [0.717, 1.165) is 40.3 Å². The van der Waals surface area contributed by atoms with E-state index in [2.05, 4.69) is 5.32 Å². The number of hydrogen-bond donors (Lipinski definition) is 2. The van der Waals surface area contributed by atoms with Crippen LogP contribution in [0.1, 0.15) is 34.9 Å². The van der Waals surface area contributed by atoms with Crippen LogP contribution in [0.4, 0.5) is 5.69 Å². The molecule has 0 saturated heterocycles. The van der Waals surface area contributed by atoms with Crippen LogP contribution < -0.4 is 10.1 Å². The van der Waals surface area contributed by atoms with Gasteiger partial charge in [-0.15, -0.1) is 11.3 Å². The molecule has 0 aliphatic carbocycles. The fraction of sp³-hybridized carbons (Fsp3) is 0.312. The number of carbonyl (C=O) groups is 1. The molecular weight excluding hydrogens is 286 g/mol. The van der Waals surface area contributed by atoms with Gasteiger partial charge in [-0.2, -0.15) is 0 Å². The van der Waals surface area contributed by atoms with Gasteiger partial charge in [0.2, 0.25) is 5.91 Å². The Hall–Kier alpha value is -1.85. The first-order valence-corrected chi connectivity index (χ1v) is 7.78. The summed E-state index contributed by atoms with van der Waals surface area (Å²) in [5, 5.41) is 15.3. The van der Waals surface area contributed by atoms with Crippen LogP contribution >= 0.6 is 11.3 Å². The van der Waals surface area contributed by atoms with Gasteiger partial charge in [-0.1, -0.05) is 12.1 Å². The first kappa shape index (κ1) is 14.1. The normalized spacial score (nSPS) is 15.8. The Bertz CT molecular complexity index is 665. The van der Waals surface area contributed by atoms with Gasteiger partial charge in [0.25, 0.3) is 0 Å². The summed E-state index contributed by atoms with van der Waals surface area (Å²) in [5.41, 5.74) is 2.78. The molecule has 1 atom stereocenters. The number of aryl methyl sites for hydroxylation is 1. The number of aliphatic hydroxyl groups excluding tert-OH is 1. The lowest BCUT2D eigenvalue weighted by Gasteiger charge is -2.13. The minimum atomic E-state index is -0.664. The third kappa shape index (κ3) is 2.94. The van der Waals surface area contributed by atoms with E-state index in [1.807, 2.05) is 29.6 Å². The van der Waals surface area contributed by atoms with Crippen molar-refractivity contribution in [2.45, 2.75) is 25.4 Å². The molecule has 0 saturated carbocycles. The first-order valence-electron chi connectivity index (χ1n) is 6.90. The van der Waals surface area contributed by atoms with Gasteiger partial charge < -0.3 is 15.2 Å². The van der Waals surface area contributed by atoms with Crippen molar-refractivity contribution >= 4 is 22.9 Å². The molecule has 1 amide bonds. The molecule has 2 heterocycles. The van der Waals surface area contributed by atoms with Gasteiger partial charge >= 0.3 is 0 Å². The van der Waals surface area contributed by atoms with E-state index in [4.69, 9.17) is 4.74 Å². The van der Waals surface area contributed by atoms with Crippen LogP contribution in [-0.4, -0.2) is 18.1 Å². The van der Waals surface area contributed by atoms with Crippen LogP contribution in [0.5, 0.6) is 5.75 Å². The van der Waals surface area contributed by atoms with Crippen LogP contribution in [0.3, 0.4) is 0 Å². The van der Waals surface area contributed by atoms with Gasteiger partial charge in [0, 0.05) is 22.4 Å².